The van der Waals surface area contributed by atoms with E-state index in [1.54, 1.807) is 0 Å². The summed E-state index contributed by atoms with van der Waals surface area (Å²) in [4.78, 5) is 0. The fourth-order valence-electron chi connectivity index (χ4n) is 2.54. The molecule has 0 fully saturated rings. The van der Waals surface area contributed by atoms with Gasteiger partial charge in [0.2, 0.25) is 0 Å². The Kier molecular flexibility index (Phi) is 5.60. The molecule has 3 heteroatoms. The zero-order valence-electron chi connectivity index (χ0n) is 12.3. The van der Waals surface area contributed by atoms with E-state index in [1.807, 2.05) is 12.1 Å². The van der Waals surface area contributed by atoms with E-state index in [0.717, 1.165) is 29.6 Å². The molecule has 0 aliphatic heterocycles. The first kappa shape index (κ1) is 15.0. The quantitative estimate of drug-likeness (QED) is 0.694. The summed E-state index contributed by atoms with van der Waals surface area (Å²) in [5.74, 6) is 0.570. The molecule has 0 unspecified atom stereocenters. The first-order valence-corrected chi connectivity index (χ1v) is 7.65. The van der Waals surface area contributed by atoms with E-state index in [-0.39, 0.29) is 5.82 Å². The average molecular weight is 277 g/mol. The van der Waals surface area contributed by atoms with Crippen molar-refractivity contribution in [1.82, 2.24) is 0 Å². The fraction of sp³-hybridized carbons (Fsp3) is 0.529. The number of hydrogen-bond donors (Lipinski definition) is 1. The smallest absolute Gasteiger partial charge is 0.169 e. The van der Waals surface area contributed by atoms with Crippen LogP contribution in [0, 0.1) is 5.82 Å². The van der Waals surface area contributed by atoms with Gasteiger partial charge in [0.1, 0.15) is 5.76 Å². The van der Waals surface area contributed by atoms with Gasteiger partial charge in [-0.1, -0.05) is 39.0 Å². The highest BCUT2D eigenvalue weighted by molar-refractivity contribution is 5.79. The van der Waals surface area contributed by atoms with Gasteiger partial charge in [-0.3, -0.25) is 0 Å². The van der Waals surface area contributed by atoms with Gasteiger partial charge in [0.15, 0.2) is 11.4 Å². The number of rotatable bonds is 8. The van der Waals surface area contributed by atoms with Crippen LogP contribution in [0.15, 0.2) is 22.6 Å². The minimum absolute atomic E-state index is 0.308. The highest BCUT2D eigenvalue weighted by Crippen LogP contribution is 2.25. The van der Waals surface area contributed by atoms with Crippen LogP contribution >= 0.6 is 0 Å². The van der Waals surface area contributed by atoms with Gasteiger partial charge in [-0.15, -0.1) is 0 Å². The van der Waals surface area contributed by atoms with E-state index in [0.29, 0.717) is 12.1 Å². The van der Waals surface area contributed by atoms with Gasteiger partial charge in [-0.25, -0.2) is 4.39 Å². The molecule has 2 nitrogen and oxygen atoms in total. The number of fused-ring (bicyclic) bond motifs is 1. The minimum Gasteiger partial charge on any atom is -0.458 e. The van der Waals surface area contributed by atoms with Gasteiger partial charge in [-0.2, -0.15) is 0 Å². The van der Waals surface area contributed by atoms with Gasteiger partial charge in [0.25, 0.3) is 0 Å². The summed E-state index contributed by atoms with van der Waals surface area (Å²) >= 11 is 0. The summed E-state index contributed by atoms with van der Waals surface area (Å²) in [6.07, 6.45) is 8.38. The van der Waals surface area contributed by atoms with Crippen LogP contribution in [0.1, 0.15) is 56.8 Å². The molecule has 0 aliphatic rings. The van der Waals surface area contributed by atoms with Crippen LogP contribution in [0.25, 0.3) is 11.0 Å². The van der Waals surface area contributed by atoms with E-state index < -0.39 is 0 Å². The Hall–Kier alpha value is -1.35. The standard InChI is InChI=1S/C17H24FNO/c1-2-3-4-5-6-7-8-15-11-14-9-13(12-19)10-16(18)17(14)20-15/h9-11H,2-8,12,19H2,1H3. The number of nitrogens with two attached hydrogens (primary N) is 1. The molecule has 0 spiro atoms. The number of benzene rings is 1. The monoisotopic (exact) mass is 277 g/mol. The topological polar surface area (TPSA) is 39.2 Å². The lowest BCUT2D eigenvalue weighted by molar-refractivity contribution is 0.502. The SMILES string of the molecule is CCCCCCCCc1cc2cc(CN)cc(F)c2o1. The first-order valence-electron chi connectivity index (χ1n) is 7.65. The van der Waals surface area contributed by atoms with E-state index >= 15 is 0 Å². The highest BCUT2D eigenvalue weighted by Gasteiger charge is 2.09. The molecule has 2 aromatic rings. The molecule has 110 valence electrons. The predicted molar refractivity (Wildman–Crippen MR) is 81.1 cm³/mol. The van der Waals surface area contributed by atoms with E-state index in [4.69, 9.17) is 10.2 Å². The Morgan fingerprint density at radius 2 is 1.80 bits per heavy atom. The maximum atomic E-state index is 13.8. The summed E-state index contributed by atoms with van der Waals surface area (Å²) in [5, 5.41) is 0.825. The molecule has 0 amide bonds. The average Bonchev–Trinajstić information content (AvgIpc) is 2.86. The first-order chi connectivity index (χ1) is 9.74. The summed E-state index contributed by atoms with van der Waals surface area (Å²) in [7, 11) is 0. The van der Waals surface area contributed by atoms with E-state index in [9.17, 15) is 4.39 Å². The molecule has 0 atom stereocenters. The molecule has 0 bridgehead atoms. The van der Waals surface area contributed by atoms with Crippen molar-refractivity contribution in [3.63, 3.8) is 0 Å². The lowest BCUT2D eigenvalue weighted by Gasteiger charge is -1.99. The Morgan fingerprint density at radius 3 is 2.55 bits per heavy atom. The van der Waals surface area contributed by atoms with Crippen molar-refractivity contribution < 1.29 is 8.81 Å². The Morgan fingerprint density at radius 1 is 1.05 bits per heavy atom. The van der Waals surface area contributed by atoms with Crippen LogP contribution in [0.4, 0.5) is 4.39 Å². The molecule has 1 aromatic heterocycles. The number of unbranched alkanes of at least 4 members (excludes halogenated alkanes) is 5. The third-order valence-corrected chi connectivity index (χ3v) is 3.69. The van der Waals surface area contributed by atoms with Crippen LogP contribution in [-0.4, -0.2) is 0 Å². The number of halogens is 1. The van der Waals surface area contributed by atoms with E-state index in [2.05, 4.69) is 6.92 Å². The van der Waals surface area contributed by atoms with Crippen LogP contribution in [0.5, 0.6) is 0 Å². The fourth-order valence-corrected chi connectivity index (χ4v) is 2.54. The van der Waals surface area contributed by atoms with Crippen LogP contribution in [0.2, 0.25) is 0 Å². The van der Waals surface area contributed by atoms with Crippen molar-refractivity contribution in [2.75, 3.05) is 0 Å². The third kappa shape index (κ3) is 3.83. The molecule has 2 N–H and O–H groups in total. The van der Waals surface area contributed by atoms with Crippen molar-refractivity contribution in [3.8, 4) is 0 Å². The minimum atomic E-state index is -0.308. The van der Waals surface area contributed by atoms with Crippen LogP contribution in [0.3, 0.4) is 0 Å². The summed E-state index contributed by atoms with van der Waals surface area (Å²) in [6, 6.07) is 5.32. The maximum Gasteiger partial charge on any atom is 0.169 e. The van der Waals surface area contributed by atoms with Crippen LogP contribution in [-0.2, 0) is 13.0 Å². The molecule has 20 heavy (non-hydrogen) atoms. The molecule has 1 heterocycles. The van der Waals surface area contributed by atoms with Crippen molar-refractivity contribution in [2.45, 2.75) is 58.4 Å². The summed E-state index contributed by atoms with van der Waals surface area (Å²) in [6.45, 7) is 2.57. The highest BCUT2D eigenvalue weighted by atomic mass is 19.1. The number of hydrogen-bond acceptors (Lipinski definition) is 2. The molecule has 0 saturated carbocycles. The van der Waals surface area contributed by atoms with Gasteiger partial charge in [0.05, 0.1) is 0 Å². The van der Waals surface area contributed by atoms with Crippen molar-refractivity contribution in [3.05, 3.63) is 35.3 Å². The van der Waals surface area contributed by atoms with Crippen molar-refractivity contribution >= 4 is 11.0 Å². The molecule has 0 saturated heterocycles. The lowest BCUT2D eigenvalue weighted by atomic mass is 10.1. The molecule has 0 aliphatic carbocycles. The van der Waals surface area contributed by atoms with Gasteiger partial charge in [-0.05, 0) is 30.2 Å². The lowest BCUT2D eigenvalue weighted by Crippen LogP contribution is -1.96. The van der Waals surface area contributed by atoms with Crippen molar-refractivity contribution in [1.29, 1.82) is 0 Å². The van der Waals surface area contributed by atoms with E-state index in [1.165, 1.54) is 38.2 Å². The van der Waals surface area contributed by atoms with Gasteiger partial charge < -0.3 is 10.2 Å². The second-order valence-electron chi connectivity index (χ2n) is 5.43. The Labute approximate surface area is 120 Å². The number of aryl methyl sites for hydroxylation is 1. The molecule has 1 aromatic carbocycles. The summed E-state index contributed by atoms with van der Waals surface area (Å²) in [5.41, 5.74) is 6.73. The predicted octanol–water partition coefficient (Wildman–Crippen LogP) is 4.93. The normalized spacial score (nSPS) is 11.3. The maximum absolute atomic E-state index is 13.8. The second-order valence-corrected chi connectivity index (χ2v) is 5.43. The van der Waals surface area contributed by atoms with Gasteiger partial charge in [0, 0.05) is 18.4 Å². The Balaban J connectivity index is 1.93. The van der Waals surface area contributed by atoms with Crippen LogP contribution < -0.4 is 5.73 Å². The second kappa shape index (κ2) is 7.44. The Bertz CT molecular complexity index is 547. The molecular formula is C17H24FNO. The number of furan rings is 1. The zero-order chi connectivity index (χ0) is 14.4. The third-order valence-electron chi connectivity index (χ3n) is 3.69. The molecule has 0 radical (unpaired) electrons. The molecular weight excluding hydrogens is 253 g/mol. The largest absolute Gasteiger partial charge is 0.458 e. The van der Waals surface area contributed by atoms with Crippen molar-refractivity contribution in [2.24, 2.45) is 5.73 Å². The molecule has 2 rings (SSSR count). The van der Waals surface area contributed by atoms with Gasteiger partial charge >= 0.3 is 0 Å². The summed E-state index contributed by atoms with van der Waals surface area (Å²) < 4.78 is 19.4. The zero-order valence-corrected chi connectivity index (χ0v) is 12.3.